The highest BCUT2D eigenvalue weighted by molar-refractivity contribution is 7.09. The molecule has 0 saturated carbocycles. The SMILES string of the molecule is Cc1csc(CCNC(=O)N2CCCCC2C(=O)O)n1. The number of aliphatic carboxylic acids is 1. The molecule has 1 aromatic heterocycles. The number of aryl methyl sites for hydroxylation is 1. The summed E-state index contributed by atoms with van der Waals surface area (Å²) in [5, 5.41) is 14.9. The summed E-state index contributed by atoms with van der Waals surface area (Å²) in [6, 6.07) is -0.976. The van der Waals surface area contributed by atoms with Gasteiger partial charge in [-0.15, -0.1) is 11.3 Å². The summed E-state index contributed by atoms with van der Waals surface area (Å²) in [6.07, 6.45) is 2.94. The Morgan fingerprint density at radius 3 is 3.00 bits per heavy atom. The van der Waals surface area contributed by atoms with Gasteiger partial charge in [-0.3, -0.25) is 0 Å². The Balaban J connectivity index is 1.82. The summed E-state index contributed by atoms with van der Waals surface area (Å²) in [4.78, 5) is 28.9. The zero-order chi connectivity index (χ0) is 14.5. The first kappa shape index (κ1) is 14.8. The zero-order valence-corrected chi connectivity index (χ0v) is 12.3. The van der Waals surface area contributed by atoms with Crippen molar-refractivity contribution in [2.75, 3.05) is 13.1 Å². The topological polar surface area (TPSA) is 82.5 Å². The van der Waals surface area contributed by atoms with Gasteiger partial charge in [0.2, 0.25) is 0 Å². The van der Waals surface area contributed by atoms with Crippen molar-refractivity contribution in [1.29, 1.82) is 0 Å². The van der Waals surface area contributed by atoms with Crippen LogP contribution in [0.4, 0.5) is 4.79 Å². The highest BCUT2D eigenvalue weighted by Crippen LogP contribution is 2.17. The van der Waals surface area contributed by atoms with Gasteiger partial charge >= 0.3 is 12.0 Å². The van der Waals surface area contributed by atoms with E-state index in [1.54, 1.807) is 11.3 Å². The van der Waals surface area contributed by atoms with Crippen LogP contribution in [0.25, 0.3) is 0 Å². The quantitative estimate of drug-likeness (QED) is 0.885. The first-order valence-electron chi connectivity index (χ1n) is 6.76. The molecular weight excluding hydrogens is 278 g/mol. The molecule has 0 bridgehead atoms. The van der Waals surface area contributed by atoms with Crippen LogP contribution in [-0.4, -0.2) is 46.1 Å². The third kappa shape index (κ3) is 3.69. The van der Waals surface area contributed by atoms with E-state index in [9.17, 15) is 9.59 Å². The number of piperidine rings is 1. The molecule has 7 heteroatoms. The van der Waals surface area contributed by atoms with Gasteiger partial charge < -0.3 is 15.3 Å². The van der Waals surface area contributed by atoms with Gasteiger partial charge in [0.1, 0.15) is 6.04 Å². The number of carboxylic acids is 1. The largest absolute Gasteiger partial charge is 0.480 e. The molecule has 1 atom stereocenters. The van der Waals surface area contributed by atoms with Gasteiger partial charge in [-0.2, -0.15) is 0 Å². The van der Waals surface area contributed by atoms with Gasteiger partial charge in [-0.05, 0) is 26.2 Å². The van der Waals surface area contributed by atoms with Crippen LogP contribution >= 0.6 is 11.3 Å². The Morgan fingerprint density at radius 2 is 2.35 bits per heavy atom. The maximum Gasteiger partial charge on any atom is 0.326 e. The minimum atomic E-state index is -0.921. The van der Waals surface area contributed by atoms with Crippen molar-refractivity contribution in [3.8, 4) is 0 Å². The lowest BCUT2D eigenvalue weighted by molar-refractivity contribution is -0.143. The standard InChI is InChI=1S/C13H19N3O3S/c1-9-8-20-11(15-9)5-6-14-13(19)16-7-3-2-4-10(16)12(17)18/h8,10H,2-7H2,1H3,(H,14,19)(H,17,18). The van der Waals surface area contributed by atoms with Crippen molar-refractivity contribution in [3.05, 3.63) is 16.1 Å². The van der Waals surface area contributed by atoms with Crippen LogP contribution in [0.15, 0.2) is 5.38 Å². The molecule has 2 heterocycles. The van der Waals surface area contributed by atoms with E-state index in [2.05, 4.69) is 10.3 Å². The van der Waals surface area contributed by atoms with E-state index in [0.29, 0.717) is 25.9 Å². The van der Waals surface area contributed by atoms with E-state index in [1.807, 2.05) is 12.3 Å². The molecule has 1 aliphatic heterocycles. The van der Waals surface area contributed by atoms with Gasteiger partial charge in [0, 0.05) is 30.6 Å². The molecule has 110 valence electrons. The van der Waals surface area contributed by atoms with E-state index in [0.717, 1.165) is 23.5 Å². The number of amides is 2. The Labute approximate surface area is 121 Å². The van der Waals surface area contributed by atoms with Crippen LogP contribution in [-0.2, 0) is 11.2 Å². The van der Waals surface area contributed by atoms with E-state index < -0.39 is 12.0 Å². The smallest absolute Gasteiger partial charge is 0.326 e. The average Bonchev–Trinajstić information content (AvgIpc) is 2.84. The molecule has 1 aliphatic rings. The second-order valence-corrected chi connectivity index (χ2v) is 5.85. The van der Waals surface area contributed by atoms with Crippen LogP contribution < -0.4 is 5.32 Å². The Bertz CT molecular complexity index is 489. The molecule has 0 spiro atoms. The van der Waals surface area contributed by atoms with Crippen LogP contribution in [0.5, 0.6) is 0 Å². The van der Waals surface area contributed by atoms with Crippen LogP contribution in [0.2, 0.25) is 0 Å². The molecule has 20 heavy (non-hydrogen) atoms. The molecule has 0 aliphatic carbocycles. The van der Waals surface area contributed by atoms with Gasteiger partial charge in [0.15, 0.2) is 0 Å². The molecule has 0 aromatic carbocycles. The van der Waals surface area contributed by atoms with E-state index in [4.69, 9.17) is 5.11 Å². The molecule has 1 fully saturated rings. The molecular formula is C13H19N3O3S. The summed E-state index contributed by atoms with van der Waals surface area (Å²) >= 11 is 1.57. The number of urea groups is 1. The highest BCUT2D eigenvalue weighted by atomic mass is 32.1. The number of hydrogen-bond acceptors (Lipinski definition) is 4. The Kier molecular flexibility index (Phi) is 4.94. The first-order chi connectivity index (χ1) is 9.58. The van der Waals surface area contributed by atoms with Crippen molar-refractivity contribution in [2.24, 2.45) is 0 Å². The Morgan fingerprint density at radius 1 is 1.55 bits per heavy atom. The molecule has 2 amide bonds. The number of rotatable bonds is 4. The Hall–Kier alpha value is -1.63. The number of likely N-dealkylation sites (tertiary alicyclic amines) is 1. The lowest BCUT2D eigenvalue weighted by atomic mass is 10.0. The lowest BCUT2D eigenvalue weighted by Gasteiger charge is -2.32. The minimum absolute atomic E-state index is 0.287. The van der Waals surface area contributed by atoms with E-state index >= 15 is 0 Å². The number of thiazole rings is 1. The number of carbonyl (C=O) groups is 2. The second-order valence-electron chi connectivity index (χ2n) is 4.91. The number of aromatic nitrogens is 1. The summed E-state index contributed by atoms with van der Waals surface area (Å²) in [7, 11) is 0. The zero-order valence-electron chi connectivity index (χ0n) is 11.5. The maximum absolute atomic E-state index is 12.0. The normalized spacial score (nSPS) is 18.9. The van der Waals surface area contributed by atoms with Crippen LogP contribution in [0.1, 0.15) is 30.0 Å². The van der Waals surface area contributed by atoms with Crippen molar-refractivity contribution in [2.45, 2.75) is 38.6 Å². The van der Waals surface area contributed by atoms with Crippen LogP contribution in [0, 0.1) is 6.92 Å². The minimum Gasteiger partial charge on any atom is -0.480 e. The first-order valence-corrected chi connectivity index (χ1v) is 7.64. The molecule has 6 nitrogen and oxygen atoms in total. The molecule has 1 aromatic rings. The summed E-state index contributed by atoms with van der Waals surface area (Å²) in [6.45, 7) is 2.93. The fraction of sp³-hybridized carbons (Fsp3) is 0.615. The monoisotopic (exact) mass is 297 g/mol. The second kappa shape index (κ2) is 6.69. The fourth-order valence-corrected chi connectivity index (χ4v) is 3.10. The highest BCUT2D eigenvalue weighted by Gasteiger charge is 2.31. The number of carbonyl (C=O) groups excluding carboxylic acids is 1. The van der Waals surface area contributed by atoms with E-state index in [1.165, 1.54) is 4.90 Å². The van der Waals surface area contributed by atoms with Crippen molar-refractivity contribution >= 4 is 23.3 Å². The number of nitrogens with one attached hydrogen (secondary N) is 1. The summed E-state index contributed by atoms with van der Waals surface area (Å²) in [5.74, 6) is -0.921. The summed E-state index contributed by atoms with van der Waals surface area (Å²) in [5.41, 5.74) is 0.985. The van der Waals surface area contributed by atoms with Gasteiger partial charge in [0.05, 0.1) is 5.01 Å². The fourth-order valence-electron chi connectivity index (χ4n) is 2.33. The third-order valence-electron chi connectivity index (χ3n) is 3.33. The van der Waals surface area contributed by atoms with Gasteiger partial charge in [-0.1, -0.05) is 0 Å². The number of carboxylic acid groups (broad SMARTS) is 1. The molecule has 1 saturated heterocycles. The number of nitrogens with zero attached hydrogens (tertiary/aromatic N) is 2. The van der Waals surface area contributed by atoms with Gasteiger partial charge in [-0.25, -0.2) is 14.6 Å². The molecule has 0 radical (unpaired) electrons. The molecule has 2 rings (SSSR count). The third-order valence-corrected chi connectivity index (χ3v) is 4.36. The predicted molar refractivity (Wildman–Crippen MR) is 75.9 cm³/mol. The molecule has 1 unspecified atom stereocenters. The van der Waals surface area contributed by atoms with Crippen molar-refractivity contribution in [1.82, 2.24) is 15.2 Å². The lowest BCUT2D eigenvalue weighted by Crippen LogP contribution is -2.52. The van der Waals surface area contributed by atoms with Crippen molar-refractivity contribution in [3.63, 3.8) is 0 Å². The summed E-state index contributed by atoms with van der Waals surface area (Å²) < 4.78 is 0. The number of hydrogen-bond donors (Lipinski definition) is 2. The predicted octanol–water partition coefficient (Wildman–Crippen LogP) is 1.64. The molecule has 2 N–H and O–H groups in total. The maximum atomic E-state index is 12.0. The van der Waals surface area contributed by atoms with Crippen LogP contribution in [0.3, 0.4) is 0 Å². The van der Waals surface area contributed by atoms with Gasteiger partial charge in [0.25, 0.3) is 0 Å². The van der Waals surface area contributed by atoms with Crippen molar-refractivity contribution < 1.29 is 14.7 Å². The average molecular weight is 297 g/mol. The van der Waals surface area contributed by atoms with E-state index in [-0.39, 0.29) is 6.03 Å².